The van der Waals surface area contributed by atoms with Gasteiger partial charge in [0.25, 0.3) is 0 Å². The Labute approximate surface area is 147 Å². The van der Waals surface area contributed by atoms with E-state index in [4.69, 9.17) is 0 Å². The highest BCUT2D eigenvalue weighted by Gasteiger charge is 2.23. The smallest absolute Gasteiger partial charge is 0.250 e. The number of aromatic nitrogens is 2. The van der Waals surface area contributed by atoms with Crippen molar-refractivity contribution in [2.75, 3.05) is 19.6 Å². The van der Waals surface area contributed by atoms with Gasteiger partial charge in [0.2, 0.25) is 10.0 Å². The fraction of sp³-hybridized carbons (Fsp3) is 0.562. The standard InChI is InChI=1S/C16H24N4O2S2/c1-2-20-13-17-10-15(20)12-19-7-3-5-14(11-19)9-18-24(21,22)16-6-4-8-23-16/h4,6,8,10,13-14,18H,2-3,5,7,9,11-12H2,1H3. The molecule has 1 N–H and O–H groups in total. The molecule has 2 aromatic rings. The van der Waals surface area contributed by atoms with E-state index in [1.54, 1.807) is 17.5 Å². The van der Waals surface area contributed by atoms with Gasteiger partial charge in [0, 0.05) is 32.4 Å². The maximum atomic E-state index is 12.2. The van der Waals surface area contributed by atoms with E-state index in [1.165, 1.54) is 17.0 Å². The van der Waals surface area contributed by atoms with Crippen LogP contribution in [-0.2, 0) is 23.1 Å². The Kier molecular flexibility index (Phi) is 5.70. The Morgan fingerprint density at radius 3 is 3.08 bits per heavy atom. The fourth-order valence-corrected chi connectivity index (χ4v) is 5.32. The van der Waals surface area contributed by atoms with E-state index in [9.17, 15) is 8.42 Å². The van der Waals surface area contributed by atoms with Crippen LogP contribution < -0.4 is 4.72 Å². The van der Waals surface area contributed by atoms with Gasteiger partial charge in [-0.25, -0.2) is 18.1 Å². The summed E-state index contributed by atoms with van der Waals surface area (Å²) >= 11 is 1.25. The second-order valence-corrected chi connectivity index (χ2v) is 9.14. The molecule has 1 saturated heterocycles. The maximum absolute atomic E-state index is 12.2. The molecule has 0 saturated carbocycles. The Bertz CT molecular complexity index is 740. The molecular formula is C16H24N4O2S2. The quantitative estimate of drug-likeness (QED) is 0.813. The first kappa shape index (κ1) is 17.6. The molecule has 1 unspecified atom stereocenters. The molecule has 24 heavy (non-hydrogen) atoms. The number of nitrogens with one attached hydrogen (secondary N) is 1. The molecule has 3 heterocycles. The van der Waals surface area contributed by atoms with Crippen LogP contribution in [0, 0.1) is 5.92 Å². The van der Waals surface area contributed by atoms with Gasteiger partial charge in [-0.2, -0.15) is 0 Å². The van der Waals surface area contributed by atoms with Gasteiger partial charge in [-0.05, 0) is 43.7 Å². The van der Waals surface area contributed by atoms with Crippen LogP contribution in [0.5, 0.6) is 0 Å². The molecule has 2 aromatic heterocycles. The molecule has 6 nitrogen and oxygen atoms in total. The molecule has 132 valence electrons. The third-order valence-electron chi connectivity index (χ3n) is 4.45. The first-order chi connectivity index (χ1) is 11.6. The van der Waals surface area contributed by atoms with Crippen LogP contribution in [0.4, 0.5) is 0 Å². The number of nitrogens with zero attached hydrogens (tertiary/aromatic N) is 3. The number of hydrogen-bond acceptors (Lipinski definition) is 5. The van der Waals surface area contributed by atoms with Crippen molar-refractivity contribution >= 4 is 21.4 Å². The molecular weight excluding hydrogens is 344 g/mol. The number of likely N-dealkylation sites (tertiary alicyclic amines) is 1. The van der Waals surface area contributed by atoms with E-state index in [0.717, 1.165) is 39.0 Å². The second-order valence-electron chi connectivity index (χ2n) is 6.20. The zero-order valence-electron chi connectivity index (χ0n) is 13.9. The van der Waals surface area contributed by atoms with Crippen molar-refractivity contribution in [1.82, 2.24) is 19.2 Å². The SMILES string of the molecule is CCn1cncc1CN1CCCC(CNS(=O)(=O)c2cccs2)C1. The normalized spacial score (nSPS) is 19.6. The van der Waals surface area contributed by atoms with Gasteiger partial charge in [-0.1, -0.05) is 6.07 Å². The summed E-state index contributed by atoms with van der Waals surface area (Å²) in [5, 5.41) is 1.79. The lowest BCUT2D eigenvalue weighted by atomic mass is 9.98. The van der Waals surface area contributed by atoms with Gasteiger partial charge in [-0.15, -0.1) is 11.3 Å². The molecule has 0 radical (unpaired) electrons. The minimum Gasteiger partial charge on any atom is -0.334 e. The summed E-state index contributed by atoms with van der Waals surface area (Å²) < 4.78 is 29.8. The van der Waals surface area contributed by atoms with Crippen LogP contribution in [0.1, 0.15) is 25.5 Å². The Morgan fingerprint density at radius 2 is 2.33 bits per heavy atom. The summed E-state index contributed by atoms with van der Waals surface area (Å²) in [6, 6.07) is 3.41. The number of sulfonamides is 1. The highest BCUT2D eigenvalue weighted by atomic mass is 32.2. The largest absolute Gasteiger partial charge is 0.334 e. The number of thiophene rings is 1. The van der Waals surface area contributed by atoms with Crippen LogP contribution in [0.3, 0.4) is 0 Å². The molecule has 1 aliphatic rings. The van der Waals surface area contributed by atoms with Crippen molar-refractivity contribution < 1.29 is 8.42 Å². The van der Waals surface area contributed by atoms with E-state index in [-0.39, 0.29) is 0 Å². The van der Waals surface area contributed by atoms with Crippen molar-refractivity contribution in [2.45, 2.75) is 37.1 Å². The van der Waals surface area contributed by atoms with E-state index >= 15 is 0 Å². The van der Waals surface area contributed by atoms with Gasteiger partial charge in [-0.3, -0.25) is 4.90 Å². The Morgan fingerprint density at radius 1 is 1.46 bits per heavy atom. The summed E-state index contributed by atoms with van der Waals surface area (Å²) in [4.78, 5) is 6.62. The zero-order chi connectivity index (χ0) is 17.0. The third kappa shape index (κ3) is 4.24. The molecule has 0 spiro atoms. The van der Waals surface area contributed by atoms with Crippen LogP contribution in [0.15, 0.2) is 34.2 Å². The predicted octanol–water partition coefficient (Wildman–Crippen LogP) is 2.15. The number of piperidine rings is 1. The van der Waals surface area contributed by atoms with Crippen molar-refractivity contribution in [3.8, 4) is 0 Å². The summed E-state index contributed by atoms with van der Waals surface area (Å²) in [6.45, 7) is 6.40. The van der Waals surface area contributed by atoms with E-state index in [1.807, 2.05) is 12.5 Å². The molecule has 1 fully saturated rings. The first-order valence-electron chi connectivity index (χ1n) is 8.33. The number of hydrogen-bond donors (Lipinski definition) is 1. The number of aryl methyl sites for hydroxylation is 1. The molecule has 0 aromatic carbocycles. The Balaban J connectivity index is 1.54. The first-order valence-corrected chi connectivity index (χ1v) is 10.7. The van der Waals surface area contributed by atoms with Crippen molar-refractivity contribution in [1.29, 1.82) is 0 Å². The van der Waals surface area contributed by atoms with Gasteiger partial charge in [0.1, 0.15) is 4.21 Å². The highest BCUT2D eigenvalue weighted by Crippen LogP contribution is 2.20. The second kappa shape index (κ2) is 7.77. The third-order valence-corrected chi connectivity index (χ3v) is 7.27. The van der Waals surface area contributed by atoms with Crippen molar-refractivity contribution in [3.63, 3.8) is 0 Å². The molecule has 3 rings (SSSR count). The molecule has 0 aliphatic carbocycles. The van der Waals surface area contributed by atoms with Gasteiger partial charge in [0.05, 0.1) is 12.0 Å². The van der Waals surface area contributed by atoms with E-state index < -0.39 is 10.0 Å². The molecule has 1 aliphatic heterocycles. The lowest BCUT2D eigenvalue weighted by Gasteiger charge is -2.32. The molecule has 1 atom stereocenters. The van der Waals surface area contributed by atoms with Crippen LogP contribution in [0.2, 0.25) is 0 Å². The average Bonchev–Trinajstić information content (AvgIpc) is 3.25. The lowest BCUT2D eigenvalue weighted by Crippen LogP contribution is -2.40. The maximum Gasteiger partial charge on any atom is 0.250 e. The van der Waals surface area contributed by atoms with Crippen LogP contribution >= 0.6 is 11.3 Å². The van der Waals surface area contributed by atoms with Crippen molar-refractivity contribution in [2.24, 2.45) is 5.92 Å². The Hall–Kier alpha value is -1.22. The van der Waals surface area contributed by atoms with Crippen LogP contribution in [-0.4, -0.2) is 42.5 Å². The van der Waals surface area contributed by atoms with Gasteiger partial charge >= 0.3 is 0 Å². The summed E-state index contributed by atoms with van der Waals surface area (Å²) in [5.74, 6) is 0.353. The predicted molar refractivity (Wildman–Crippen MR) is 95.4 cm³/mol. The minimum absolute atomic E-state index is 0.353. The minimum atomic E-state index is -3.36. The topological polar surface area (TPSA) is 67.2 Å². The number of imidazole rings is 1. The molecule has 0 amide bonds. The summed E-state index contributed by atoms with van der Waals surface area (Å²) in [5.41, 5.74) is 1.22. The summed E-state index contributed by atoms with van der Waals surface area (Å²) in [7, 11) is -3.36. The zero-order valence-corrected chi connectivity index (χ0v) is 15.5. The van der Waals surface area contributed by atoms with Crippen LogP contribution in [0.25, 0.3) is 0 Å². The average molecular weight is 369 g/mol. The molecule has 0 bridgehead atoms. The fourth-order valence-electron chi connectivity index (χ4n) is 3.17. The van der Waals surface area contributed by atoms with Crippen molar-refractivity contribution in [3.05, 3.63) is 35.7 Å². The molecule has 8 heteroatoms. The van der Waals surface area contributed by atoms with E-state index in [0.29, 0.717) is 16.7 Å². The van der Waals surface area contributed by atoms with E-state index in [2.05, 4.69) is 26.1 Å². The van der Waals surface area contributed by atoms with Gasteiger partial charge < -0.3 is 4.57 Å². The number of rotatable bonds is 7. The highest BCUT2D eigenvalue weighted by molar-refractivity contribution is 7.91. The monoisotopic (exact) mass is 368 g/mol. The summed E-state index contributed by atoms with van der Waals surface area (Å²) in [6.07, 6.45) is 5.96. The van der Waals surface area contributed by atoms with Gasteiger partial charge in [0.15, 0.2) is 0 Å². The lowest BCUT2D eigenvalue weighted by molar-refractivity contribution is 0.165.